The van der Waals surface area contributed by atoms with Gasteiger partial charge in [0.2, 0.25) is 11.8 Å². The van der Waals surface area contributed by atoms with Crippen LogP contribution in [0.4, 0.5) is 24.9 Å². The quantitative estimate of drug-likeness (QED) is 0.368. The Balaban J connectivity index is 1.47. The second kappa shape index (κ2) is 9.90. The average Bonchev–Trinajstić information content (AvgIpc) is 3.45. The highest BCUT2D eigenvalue weighted by atomic mass is 19.3. The number of halogens is 3. The van der Waals surface area contributed by atoms with Crippen LogP contribution in [0.15, 0.2) is 42.5 Å². The Morgan fingerprint density at radius 2 is 1.97 bits per heavy atom. The second-order valence-electron chi connectivity index (χ2n) is 9.32. The molecule has 190 valence electrons. The van der Waals surface area contributed by atoms with Crippen molar-refractivity contribution in [3.8, 4) is 0 Å². The summed E-state index contributed by atoms with van der Waals surface area (Å²) in [7, 11) is 2.11. The van der Waals surface area contributed by atoms with Gasteiger partial charge in [0.05, 0.1) is 18.9 Å². The predicted molar refractivity (Wildman–Crippen MR) is 129 cm³/mol. The predicted octanol–water partition coefficient (Wildman–Crippen LogP) is 4.64. The topological polar surface area (TPSA) is 83.4 Å². The van der Waals surface area contributed by atoms with Crippen molar-refractivity contribution in [3.05, 3.63) is 71.1 Å². The van der Waals surface area contributed by atoms with Crippen molar-refractivity contribution < 1.29 is 17.9 Å². The van der Waals surface area contributed by atoms with Crippen LogP contribution in [0.2, 0.25) is 0 Å². The Hall–Kier alpha value is -3.44. The van der Waals surface area contributed by atoms with E-state index in [1.807, 2.05) is 6.92 Å². The van der Waals surface area contributed by atoms with Gasteiger partial charge in [-0.15, -0.1) is 0 Å². The standard InChI is InChI=1S/C25H28F3N7O/c1-16-12-21(33-32-16)29-24-31-23(25(27,28)18-5-7-19(26)8-6-18)30-22-10-9-20(35(22)24)15-36-14-17-4-3-11-34(2)13-17/h5-10,12,17H,3-4,11,13-15H2,1-2H3,(H2,29,30,31,32,33). The Labute approximate surface area is 206 Å². The molecule has 8 nitrogen and oxygen atoms in total. The van der Waals surface area contributed by atoms with Crippen molar-refractivity contribution in [1.29, 1.82) is 0 Å². The number of alkyl halides is 2. The maximum Gasteiger partial charge on any atom is 0.331 e. The first-order valence-corrected chi connectivity index (χ1v) is 11.9. The Bertz CT molecular complexity index is 1340. The molecule has 2 N–H and O–H groups in total. The number of aryl methyl sites for hydroxylation is 1. The summed E-state index contributed by atoms with van der Waals surface area (Å²) in [5.41, 5.74) is 1.41. The van der Waals surface area contributed by atoms with Crippen LogP contribution in [0.25, 0.3) is 5.65 Å². The van der Waals surface area contributed by atoms with Crippen LogP contribution in [-0.4, -0.2) is 56.2 Å². The third-order valence-electron chi connectivity index (χ3n) is 6.34. The van der Waals surface area contributed by atoms with Crippen LogP contribution >= 0.6 is 0 Å². The average molecular weight is 500 g/mol. The van der Waals surface area contributed by atoms with Crippen molar-refractivity contribution in [2.45, 2.75) is 32.3 Å². The Kier molecular flexibility index (Phi) is 6.67. The van der Waals surface area contributed by atoms with E-state index in [1.54, 1.807) is 22.6 Å². The first-order chi connectivity index (χ1) is 17.3. The van der Waals surface area contributed by atoms with Gasteiger partial charge in [0, 0.05) is 23.9 Å². The van der Waals surface area contributed by atoms with E-state index in [0.717, 1.165) is 61.6 Å². The molecule has 0 saturated carbocycles. The lowest BCUT2D eigenvalue weighted by molar-refractivity contribution is 0.0329. The monoisotopic (exact) mass is 499 g/mol. The van der Waals surface area contributed by atoms with Gasteiger partial charge in [-0.2, -0.15) is 18.9 Å². The lowest BCUT2D eigenvalue weighted by atomic mass is 10.00. The number of aromatic amines is 1. The largest absolute Gasteiger partial charge is 0.375 e. The van der Waals surface area contributed by atoms with Crippen molar-refractivity contribution in [2.75, 3.05) is 32.1 Å². The van der Waals surface area contributed by atoms with Crippen LogP contribution in [0.3, 0.4) is 0 Å². The smallest absolute Gasteiger partial charge is 0.331 e. The van der Waals surface area contributed by atoms with Gasteiger partial charge in [-0.05, 0) is 75.7 Å². The van der Waals surface area contributed by atoms with E-state index in [4.69, 9.17) is 4.74 Å². The molecule has 4 heterocycles. The zero-order chi connectivity index (χ0) is 25.3. The molecule has 1 aliphatic heterocycles. The lowest BCUT2D eigenvalue weighted by Crippen LogP contribution is -2.34. The summed E-state index contributed by atoms with van der Waals surface area (Å²) in [6.45, 7) is 4.81. The number of benzene rings is 1. The third kappa shape index (κ3) is 5.07. The molecule has 3 aromatic heterocycles. The Morgan fingerprint density at radius 3 is 2.69 bits per heavy atom. The molecule has 5 rings (SSSR count). The maximum atomic E-state index is 15.4. The number of fused-ring (bicyclic) bond motifs is 1. The fourth-order valence-corrected chi connectivity index (χ4v) is 4.54. The number of nitrogens with one attached hydrogen (secondary N) is 2. The summed E-state index contributed by atoms with van der Waals surface area (Å²) in [6.07, 6.45) is 2.27. The third-order valence-corrected chi connectivity index (χ3v) is 6.34. The summed E-state index contributed by atoms with van der Waals surface area (Å²) >= 11 is 0. The highest BCUT2D eigenvalue weighted by Gasteiger charge is 2.38. The molecule has 1 aromatic carbocycles. The number of piperidine rings is 1. The van der Waals surface area contributed by atoms with Crippen LogP contribution < -0.4 is 5.32 Å². The van der Waals surface area contributed by atoms with E-state index >= 15 is 8.78 Å². The van der Waals surface area contributed by atoms with E-state index in [9.17, 15) is 4.39 Å². The molecular formula is C25H28F3N7O. The van der Waals surface area contributed by atoms with Gasteiger partial charge in [-0.1, -0.05) is 0 Å². The molecule has 36 heavy (non-hydrogen) atoms. The number of nitrogens with zero attached hydrogens (tertiary/aromatic N) is 5. The van der Waals surface area contributed by atoms with Gasteiger partial charge >= 0.3 is 5.92 Å². The molecular weight excluding hydrogens is 471 g/mol. The van der Waals surface area contributed by atoms with Gasteiger partial charge in [0.1, 0.15) is 11.5 Å². The molecule has 0 aliphatic carbocycles. The van der Waals surface area contributed by atoms with Crippen molar-refractivity contribution in [3.63, 3.8) is 0 Å². The fraction of sp³-hybridized carbons (Fsp3) is 0.400. The van der Waals surface area contributed by atoms with Crippen molar-refractivity contribution in [1.82, 2.24) is 29.5 Å². The number of rotatable bonds is 8. The molecule has 0 spiro atoms. The summed E-state index contributed by atoms with van der Waals surface area (Å²) < 4.78 is 51.8. The summed E-state index contributed by atoms with van der Waals surface area (Å²) in [6, 6.07) is 9.23. The van der Waals surface area contributed by atoms with Gasteiger partial charge in [-0.3, -0.25) is 9.50 Å². The number of anilines is 2. The first kappa shape index (κ1) is 24.3. The molecule has 11 heteroatoms. The molecule has 4 aromatic rings. The van der Waals surface area contributed by atoms with Crippen LogP contribution in [0, 0.1) is 18.7 Å². The normalized spacial score (nSPS) is 17.1. The molecule has 0 amide bonds. The molecule has 1 aliphatic rings. The second-order valence-corrected chi connectivity index (χ2v) is 9.32. The molecule has 1 atom stereocenters. The number of ether oxygens (including phenoxy) is 1. The van der Waals surface area contributed by atoms with E-state index in [0.29, 0.717) is 18.3 Å². The van der Waals surface area contributed by atoms with Gasteiger partial charge in [0.15, 0.2) is 5.82 Å². The fourth-order valence-electron chi connectivity index (χ4n) is 4.54. The number of H-pyrrole nitrogens is 1. The van der Waals surface area contributed by atoms with Crippen LogP contribution in [-0.2, 0) is 17.3 Å². The lowest BCUT2D eigenvalue weighted by Gasteiger charge is -2.29. The van der Waals surface area contributed by atoms with Gasteiger partial charge < -0.3 is 15.0 Å². The van der Waals surface area contributed by atoms with E-state index in [2.05, 4.69) is 37.4 Å². The van der Waals surface area contributed by atoms with Gasteiger partial charge in [-0.25, -0.2) is 9.37 Å². The number of aromatic nitrogens is 5. The summed E-state index contributed by atoms with van der Waals surface area (Å²) in [4.78, 5) is 10.7. The SMILES string of the molecule is Cc1cc(Nc2nc(C(F)(F)c3ccc(F)cc3)nc3ccc(COCC4CCCN(C)C4)n23)n[nH]1. The molecule has 1 saturated heterocycles. The minimum absolute atomic E-state index is 0.129. The first-order valence-electron chi connectivity index (χ1n) is 11.9. The Morgan fingerprint density at radius 1 is 1.17 bits per heavy atom. The zero-order valence-corrected chi connectivity index (χ0v) is 20.1. The summed E-state index contributed by atoms with van der Waals surface area (Å²) in [5, 5.41) is 9.99. The molecule has 1 unspecified atom stereocenters. The number of likely N-dealkylation sites (tertiary alicyclic amines) is 1. The van der Waals surface area contributed by atoms with Gasteiger partial charge in [0.25, 0.3) is 0 Å². The molecule has 0 bridgehead atoms. The van der Waals surface area contributed by atoms with E-state index in [1.165, 1.54) is 0 Å². The minimum Gasteiger partial charge on any atom is -0.375 e. The highest BCUT2D eigenvalue weighted by Crippen LogP contribution is 2.35. The maximum absolute atomic E-state index is 15.4. The van der Waals surface area contributed by atoms with Crippen LogP contribution in [0.1, 0.15) is 35.6 Å². The number of hydrogen-bond donors (Lipinski definition) is 2. The van der Waals surface area contributed by atoms with Crippen molar-refractivity contribution in [2.24, 2.45) is 5.92 Å². The van der Waals surface area contributed by atoms with E-state index in [-0.39, 0.29) is 18.2 Å². The minimum atomic E-state index is -3.54. The molecule has 0 radical (unpaired) electrons. The van der Waals surface area contributed by atoms with Crippen LogP contribution in [0.5, 0.6) is 0 Å². The zero-order valence-electron chi connectivity index (χ0n) is 20.1. The number of hydrogen-bond acceptors (Lipinski definition) is 6. The van der Waals surface area contributed by atoms with Crippen molar-refractivity contribution >= 4 is 17.4 Å². The molecule has 1 fully saturated rings. The highest BCUT2D eigenvalue weighted by molar-refractivity contribution is 5.56. The summed E-state index contributed by atoms with van der Waals surface area (Å²) in [5.74, 6) is -3.83. The van der Waals surface area contributed by atoms with E-state index < -0.39 is 23.1 Å².